The zero-order chi connectivity index (χ0) is 23.4. The number of aromatic nitrogens is 2. The second kappa shape index (κ2) is 9.78. The third-order valence-electron chi connectivity index (χ3n) is 5.61. The standard InChI is InChI=1S/C23H23N5O4S/c1-32-20(29)11-6-14-27-22(21(25-23(27)33)18-9-2-3-12-24-18)19-10-5-13-26(19)16-7-4-8-17(15-16)28(30)31/h2-5,7-10,12-13,15,21-22H,6,11,14H2,1H3,(H,25,33)/t21-,22-/m0/s1. The highest BCUT2D eigenvalue weighted by Crippen LogP contribution is 2.39. The predicted molar refractivity (Wildman–Crippen MR) is 126 cm³/mol. The number of esters is 1. The topological polar surface area (TPSA) is 103 Å². The van der Waals surface area contributed by atoms with Gasteiger partial charge in [-0.25, -0.2) is 0 Å². The number of nitrogens with one attached hydrogen (secondary N) is 1. The summed E-state index contributed by atoms with van der Waals surface area (Å²) in [5.41, 5.74) is 2.42. The van der Waals surface area contributed by atoms with Crippen LogP contribution < -0.4 is 5.32 Å². The Morgan fingerprint density at radius 1 is 1.24 bits per heavy atom. The molecule has 3 heterocycles. The van der Waals surface area contributed by atoms with Gasteiger partial charge in [-0.15, -0.1) is 0 Å². The maximum Gasteiger partial charge on any atom is 0.305 e. The summed E-state index contributed by atoms with van der Waals surface area (Å²) in [4.78, 5) is 29.1. The maximum absolute atomic E-state index is 11.6. The van der Waals surface area contributed by atoms with Crippen molar-refractivity contribution in [1.29, 1.82) is 0 Å². The maximum atomic E-state index is 11.6. The predicted octanol–water partition coefficient (Wildman–Crippen LogP) is 3.71. The zero-order valence-corrected chi connectivity index (χ0v) is 18.8. The minimum atomic E-state index is -0.408. The number of pyridine rings is 1. The molecule has 4 rings (SSSR count). The number of hydrogen-bond donors (Lipinski definition) is 1. The summed E-state index contributed by atoms with van der Waals surface area (Å²) in [7, 11) is 1.37. The Kier molecular flexibility index (Phi) is 6.64. The van der Waals surface area contributed by atoms with Crippen LogP contribution in [0.4, 0.5) is 5.69 Å². The van der Waals surface area contributed by atoms with Gasteiger partial charge in [0.05, 0.1) is 35.5 Å². The lowest BCUT2D eigenvalue weighted by atomic mass is 10.0. The van der Waals surface area contributed by atoms with E-state index in [9.17, 15) is 14.9 Å². The summed E-state index contributed by atoms with van der Waals surface area (Å²) in [5.74, 6) is -0.272. The van der Waals surface area contributed by atoms with Crippen molar-refractivity contribution in [3.8, 4) is 5.69 Å². The van der Waals surface area contributed by atoms with E-state index in [4.69, 9.17) is 17.0 Å². The number of nitrogens with zero attached hydrogens (tertiary/aromatic N) is 4. The molecule has 2 atom stereocenters. The highest BCUT2D eigenvalue weighted by atomic mass is 32.1. The van der Waals surface area contributed by atoms with Gasteiger partial charge in [-0.3, -0.25) is 19.9 Å². The monoisotopic (exact) mass is 465 g/mol. The fraction of sp³-hybridized carbons (Fsp3) is 0.261. The average Bonchev–Trinajstić information content (AvgIpc) is 3.44. The van der Waals surface area contributed by atoms with Gasteiger partial charge in [0.15, 0.2) is 5.11 Å². The number of benzene rings is 1. The summed E-state index contributed by atoms with van der Waals surface area (Å²) in [6.45, 7) is 0.537. The number of carbonyl (C=O) groups excluding carboxylic acids is 1. The smallest absolute Gasteiger partial charge is 0.305 e. The van der Waals surface area contributed by atoms with E-state index < -0.39 is 4.92 Å². The van der Waals surface area contributed by atoms with Crippen LogP contribution in [0.5, 0.6) is 0 Å². The van der Waals surface area contributed by atoms with Crippen molar-refractivity contribution in [3.05, 3.63) is 88.5 Å². The number of carbonyl (C=O) groups is 1. The van der Waals surface area contributed by atoms with Gasteiger partial charge in [-0.05, 0) is 49.0 Å². The van der Waals surface area contributed by atoms with Crippen molar-refractivity contribution in [1.82, 2.24) is 19.8 Å². The Morgan fingerprint density at radius 3 is 2.82 bits per heavy atom. The molecule has 0 aliphatic carbocycles. The number of methoxy groups -OCH3 is 1. The van der Waals surface area contributed by atoms with Gasteiger partial charge < -0.3 is 19.5 Å². The first-order valence-corrected chi connectivity index (χ1v) is 10.9. The lowest BCUT2D eigenvalue weighted by molar-refractivity contribution is -0.384. The van der Waals surface area contributed by atoms with Gasteiger partial charge in [0.1, 0.15) is 0 Å². The fourth-order valence-corrected chi connectivity index (χ4v) is 4.42. The molecule has 3 aromatic rings. The summed E-state index contributed by atoms with van der Waals surface area (Å²) < 4.78 is 6.69. The molecule has 1 aromatic carbocycles. The molecule has 1 saturated heterocycles. The van der Waals surface area contributed by atoms with Gasteiger partial charge in [0.2, 0.25) is 0 Å². The molecule has 9 nitrogen and oxygen atoms in total. The van der Waals surface area contributed by atoms with E-state index in [1.807, 2.05) is 52.1 Å². The van der Waals surface area contributed by atoms with E-state index >= 15 is 0 Å². The molecule has 33 heavy (non-hydrogen) atoms. The molecule has 1 aliphatic heterocycles. The second-order valence-electron chi connectivity index (χ2n) is 7.58. The summed E-state index contributed by atoms with van der Waals surface area (Å²) in [6, 6.07) is 15.6. The molecule has 0 amide bonds. The van der Waals surface area contributed by atoms with Crippen molar-refractivity contribution < 1.29 is 14.5 Å². The third kappa shape index (κ3) is 4.70. The van der Waals surface area contributed by atoms with Gasteiger partial charge >= 0.3 is 5.97 Å². The molecule has 0 spiro atoms. The van der Waals surface area contributed by atoms with E-state index in [1.165, 1.54) is 13.2 Å². The van der Waals surface area contributed by atoms with Crippen LogP contribution in [0.3, 0.4) is 0 Å². The van der Waals surface area contributed by atoms with E-state index in [2.05, 4.69) is 10.3 Å². The first-order valence-electron chi connectivity index (χ1n) is 10.5. The lowest BCUT2D eigenvalue weighted by Gasteiger charge is -2.29. The Hall–Kier alpha value is -3.79. The average molecular weight is 466 g/mol. The van der Waals surface area contributed by atoms with Crippen LogP contribution >= 0.6 is 12.2 Å². The van der Waals surface area contributed by atoms with E-state index in [0.29, 0.717) is 23.8 Å². The highest BCUT2D eigenvalue weighted by molar-refractivity contribution is 7.80. The minimum Gasteiger partial charge on any atom is -0.469 e. The lowest BCUT2D eigenvalue weighted by Crippen LogP contribution is -2.31. The number of non-ortho nitro benzene ring substituents is 1. The molecule has 1 N–H and O–H groups in total. The highest BCUT2D eigenvalue weighted by Gasteiger charge is 2.41. The first-order chi connectivity index (χ1) is 16.0. The summed E-state index contributed by atoms with van der Waals surface area (Å²) >= 11 is 5.66. The van der Waals surface area contributed by atoms with Gasteiger partial charge in [0.25, 0.3) is 5.69 Å². The molecule has 0 radical (unpaired) electrons. The van der Waals surface area contributed by atoms with Crippen molar-refractivity contribution in [3.63, 3.8) is 0 Å². The van der Waals surface area contributed by atoms with Crippen molar-refractivity contribution in [2.24, 2.45) is 0 Å². The zero-order valence-electron chi connectivity index (χ0n) is 18.0. The second-order valence-corrected chi connectivity index (χ2v) is 7.97. The summed E-state index contributed by atoms with van der Waals surface area (Å²) in [6.07, 6.45) is 4.45. The van der Waals surface area contributed by atoms with Crippen LogP contribution in [0.2, 0.25) is 0 Å². The Morgan fingerprint density at radius 2 is 2.09 bits per heavy atom. The summed E-state index contributed by atoms with van der Waals surface area (Å²) in [5, 5.41) is 15.2. The molecule has 0 saturated carbocycles. The van der Waals surface area contributed by atoms with Crippen LogP contribution in [-0.2, 0) is 9.53 Å². The van der Waals surface area contributed by atoms with E-state index in [-0.39, 0.29) is 30.2 Å². The SMILES string of the molecule is COC(=O)CCCN1C(=S)N[C@@H](c2ccccn2)[C@@H]1c1cccn1-c1cccc([N+](=O)[O-])c1. The van der Waals surface area contributed by atoms with Crippen LogP contribution in [0.15, 0.2) is 67.0 Å². The number of nitro groups is 1. The number of thiocarbonyl (C=S) groups is 1. The quantitative estimate of drug-likeness (QED) is 0.232. The van der Waals surface area contributed by atoms with Gasteiger partial charge in [0, 0.05) is 43.2 Å². The van der Waals surface area contributed by atoms with Crippen LogP contribution in [0.1, 0.15) is 36.3 Å². The first kappa shape index (κ1) is 22.4. The van der Waals surface area contributed by atoms with Crippen LogP contribution in [0, 0.1) is 10.1 Å². The van der Waals surface area contributed by atoms with Crippen molar-refractivity contribution in [2.45, 2.75) is 24.9 Å². The normalized spacial score (nSPS) is 17.6. The fourth-order valence-electron chi connectivity index (χ4n) is 4.09. The van der Waals surface area contributed by atoms with Crippen molar-refractivity contribution >= 4 is 29.0 Å². The number of rotatable bonds is 8. The van der Waals surface area contributed by atoms with Crippen LogP contribution in [0.25, 0.3) is 5.69 Å². The molecule has 0 bridgehead atoms. The molecule has 0 unspecified atom stereocenters. The largest absolute Gasteiger partial charge is 0.469 e. The third-order valence-corrected chi connectivity index (χ3v) is 5.96. The molecule has 1 aliphatic rings. The van der Waals surface area contributed by atoms with Crippen LogP contribution in [-0.4, -0.2) is 44.1 Å². The molecule has 170 valence electrons. The molecule has 2 aromatic heterocycles. The Labute approximate surface area is 196 Å². The van der Waals surface area contributed by atoms with E-state index in [0.717, 1.165) is 11.4 Å². The molecule has 10 heteroatoms. The molecular weight excluding hydrogens is 442 g/mol. The molecule has 1 fully saturated rings. The number of ether oxygens (including phenoxy) is 1. The number of nitro benzene ring substituents is 1. The Bertz CT molecular complexity index is 1170. The van der Waals surface area contributed by atoms with Gasteiger partial charge in [-0.1, -0.05) is 12.1 Å². The Balaban J connectivity index is 1.73. The van der Waals surface area contributed by atoms with Crippen molar-refractivity contribution in [2.75, 3.05) is 13.7 Å². The molecular formula is C23H23N5O4S. The van der Waals surface area contributed by atoms with Gasteiger partial charge in [-0.2, -0.15) is 0 Å². The minimum absolute atomic E-state index is 0.0171. The number of hydrogen-bond acceptors (Lipinski definition) is 6. The van der Waals surface area contributed by atoms with E-state index in [1.54, 1.807) is 18.3 Å².